The quantitative estimate of drug-likeness (QED) is 0.673. The summed E-state index contributed by atoms with van der Waals surface area (Å²) < 4.78 is 7.03. The van der Waals surface area contributed by atoms with Crippen molar-refractivity contribution in [1.82, 2.24) is 9.38 Å². The molecule has 0 spiro atoms. The number of nitrogens with zero attached hydrogens (tertiary/aromatic N) is 2. The summed E-state index contributed by atoms with van der Waals surface area (Å²) in [6, 6.07) is 11.2. The van der Waals surface area contributed by atoms with Crippen LogP contribution in [0.25, 0.3) is 16.9 Å². The average molecular weight is 252 g/mol. The molecule has 94 valence electrons. The molecule has 0 saturated carbocycles. The summed E-state index contributed by atoms with van der Waals surface area (Å²) in [7, 11) is 1.64. The lowest BCUT2D eigenvalue weighted by atomic mass is 10.2. The van der Waals surface area contributed by atoms with E-state index in [0.29, 0.717) is 5.56 Å². The van der Waals surface area contributed by atoms with Crippen LogP contribution in [0.1, 0.15) is 10.4 Å². The molecule has 0 bridgehead atoms. The van der Waals surface area contributed by atoms with Gasteiger partial charge in [-0.3, -0.25) is 4.79 Å². The minimum absolute atomic E-state index is 0.624. The highest BCUT2D eigenvalue weighted by atomic mass is 16.5. The van der Waals surface area contributed by atoms with Crippen LogP contribution in [0.15, 0.2) is 48.8 Å². The summed E-state index contributed by atoms with van der Waals surface area (Å²) in [5, 5.41) is 0. The Balaban J connectivity index is 2.06. The summed E-state index contributed by atoms with van der Waals surface area (Å²) in [6.07, 6.45) is 4.59. The lowest BCUT2D eigenvalue weighted by Crippen LogP contribution is -1.85. The molecule has 19 heavy (non-hydrogen) atoms. The second kappa shape index (κ2) is 4.57. The van der Waals surface area contributed by atoms with Crippen LogP contribution in [-0.2, 0) is 0 Å². The fourth-order valence-corrected chi connectivity index (χ4v) is 1.97. The molecule has 0 amide bonds. The molecular weight excluding hydrogens is 240 g/mol. The Morgan fingerprint density at radius 2 is 2.00 bits per heavy atom. The van der Waals surface area contributed by atoms with Crippen molar-refractivity contribution >= 4 is 11.9 Å². The summed E-state index contributed by atoms with van der Waals surface area (Å²) in [5.41, 5.74) is 3.26. The summed E-state index contributed by atoms with van der Waals surface area (Å²) in [4.78, 5) is 15.3. The van der Waals surface area contributed by atoms with Crippen LogP contribution in [0.3, 0.4) is 0 Å². The molecule has 0 fully saturated rings. The third-order valence-corrected chi connectivity index (χ3v) is 3.01. The molecule has 0 aliphatic heterocycles. The third kappa shape index (κ3) is 2.08. The normalized spacial score (nSPS) is 10.6. The molecule has 1 aromatic carbocycles. The van der Waals surface area contributed by atoms with Gasteiger partial charge in [-0.05, 0) is 36.4 Å². The maximum Gasteiger partial charge on any atom is 0.150 e. The van der Waals surface area contributed by atoms with Crippen molar-refractivity contribution in [3.05, 3.63) is 54.4 Å². The van der Waals surface area contributed by atoms with Gasteiger partial charge in [0, 0.05) is 23.5 Å². The fourth-order valence-electron chi connectivity index (χ4n) is 1.97. The Kier molecular flexibility index (Phi) is 2.76. The highest BCUT2D eigenvalue weighted by Gasteiger charge is 2.05. The number of carbonyl (C=O) groups is 1. The Hall–Kier alpha value is -2.62. The molecule has 4 heteroatoms. The van der Waals surface area contributed by atoms with E-state index in [-0.39, 0.29) is 0 Å². The smallest absolute Gasteiger partial charge is 0.150 e. The molecule has 0 radical (unpaired) electrons. The minimum Gasteiger partial charge on any atom is -0.497 e. The van der Waals surface area contributed by atoms with E-state index in [2.05, 4.69) is 4.98 Å². The van der Waals surface area contributed by atoms with Crippen LogP contribution in [0, 0.1) is 0 Å². The molecule has 2 aromatic heterocycles. The first-order valence-corrected chi connectivity index (χ1v) is 5.88. The van der Waals surface area contributed by atoms with Crippen LogP contribution in [-0.4, -0.2) is 22.8 Å². The fraction of sp³-hybridized carbons (Fsp3) is 0.0667. The van der Waals surface area contributed by atoms with Crippen LogP contribution in [0.2, 0.25) is 0 Å². The summed E-state index contributed by atoms with van der Waals surface area (Å²) in [5.74, 6) is 0.816. The van der Waals surface area contributed by atoms with Gasteiger partial charge in [0.25, 0.3) is 0 Å². The first-order valence-electron chi connectivity index (χ1n) is 5.88. The molecule has 3 rings (SSSR count). The van der Waals surface area contributed by atoms with Gasteiger partial charge in [0.2, 0.25) is 0 Å². The number of pyridine rings is 1. The predicted octanol–water partition coefficient (Wildman–Crippen LogP) is 2.82. The van der Waals surface area contributed by atoms with Crippen LogP contribution < -0.4 is 4.74 Å². The van der Waals surface area contributed by atoms with Crippen molar-refractivity contribution in [1.29, 1.82) is 0 Å². The van der Waals surface area contributed by atoms with Gasteiger partial charge in [0.1, 0.15) is 17.7 Å². The number of carbonyl (C=O) groups excluding carboxylic acids is 1. The molecule has 0 unspecified atom stereocenters. The van der Waals surface area contributed by atoms with Gasteiger partial charge in [-0.25, -0.2) is 4.98 Å². The van der Waals surface area contributed by atoms with Crippen LogP contribution in [0.5, 0.6) is 5.75 Å². The number of rotatable bonds is 3. The molecular formula is C15H12N2O2. The number of hydrogen-bond donors (Lipinski definition) is 0. The molecule has 0 saturated heterocycles. The number of aldehydes is 1. The Morgan fingerprint density at radius 3 is 2.68 bits per heavy atom. The molecule has 0 aliphatic carbocycles. The van der Waals surface area contributed by atoms with E-state index in [4.69, 9.17) is 4.74 Å². The highest BCUT2D eigenvalue weighted by Crippen LogP contribution is 2.22. The van der Waals surface area contributed by atoms with E-state index in [1.165, 1.54) is 0 Å². The van der Waals surface area contributed by atoms with E-state index >= 15 is 0 Å². The number of benzene rings is 1. The standard InChI is InChI=1S/C15H12N2O2/c1-19-13-4-2-12(3-5-13)14-9-17-7-6-11(10-18)8-15(17)16-14/h2-10H,1H3. The number of aromatic nitrogens is 2. The number of imidazole rings is 1. The van der Waals surface area contributed by atoms with E-state index in [1.807, 2.05) is 41.1 Å². The number of methoxy groups -OCH3 is 1. The van der Waals surface area contributed by atoms with Crippen molar-refractivity contribution < 1.29 is 9.53 Å². The number of fused-ring (bicyclic) bond motifs is 1. The van der Waals surface area contributed by atoms with Gasteiger partial charge in [-0.1, -0.05) is 0 Å². The molecule has 0 N–H and O–H groups in total. The first kappa shape index (κ1) is 11.5. The van der Waals surface area contributed by atoms with Crippen molar-refractivity contribution in [2.24, 2.45) is 0 Å². The van der Waals surface area contributed by atoms with Crippen molar-refractivity contribution in [2.45, 2.75) is 0 Å². The highest BCUT2D eigenvalue weighted by molar-refractivity contribution is 5.77. The SMILES string of the molecule is COc1ccc(-c2cn3ccc(C=O)cc3n2)cc1. The van der Waals surface area contributed by atoms with Crippen molar-refractivity contribution in [3.63, 3.8) is 0 Å². The molecule has 0 atom stereocenters. The third-order valence-electron chi connectivity index (χ3n) is 3.01. The maximum absolute atomic E-state index is 10.7. The molecule has 4 nitrogen and oxygen atoms in total. The van der Waals surface area contributed by atoms with Gasteiger partial charge in [-0.2, -0.15) is 0 Å². The van der Waals surface area contributed by atoms with Gasteiger partial charge in [0.05, 0.1) is 12.8 Å². The van der Waals surface area contributed by atoms with Crippen LogP contribution in [0.4, 0.5) is 0 Å². The second-order valence-electron chi connectivity index (χ2n) is 4.20. The lowest BCUT2D eigenvalue weighted by Gasteiger charge is -1.99. The maximum atomic E-state index is 10.7. The lowest BCUT2D eigenvalue weighted by molar-refractivity contribution is 0.112. The van der Waals surface area contributed by atoms with Gasteiger partial charge in [0.15, 0.2) is 0 Å². The summed E-state index contributed by atoms with van der Waals surface area (Å²) >= 11 is 0. The Labute approximate surface area is 110 Å². The molecule has 0 aliphatic rings. The van der Waals surface area contributed by atoms with Crippen molar-refractivity contribution in [2.75, 3.05) is 7.11 Å². The molecule has 3 aromatic rings. The zero-order valence-electron chi connectivity index (χ0n) is 10.4. The monoisotopic (exact) mass is 252 g/mol. The van der Waals surface area contributed by atoms with E-state index in [0.717, 1.165) is 28.9 Å². The van der Waals surface area contributed by atoms with E-state index in [1.54, 1.807) is 19.2 Å². The minimum atomic E-state index is 0.624. The summed E-state index contributed by atoms with van der Waals surface area (Å²) in [6.45, 7) is 0. The average Bonchev–Trinajstić information content (AvgIpc) is 2.90. The van der Waals surface area contributed by atoms with Crippen molar-refractivity contribution in [3.8, 4) is 17.0 Å². The van der Waals surface area contributed by atoms with Gasteiger partial charge >= 0.3 is 0 Å². The largest absolute Gasteiger partial charge is 0.497 e. The topological polar surface area (TPSA) is 43.6 Å². The Morgan fingerprint density at radius 1 is 1.21 bits per heavy atom. The predicted molar refractivity (Wildman–Crippen MR) is 72.6 cm³/mol. The number of ether oxygens (including phenoxy) is 1. The number of hydrogen-bond acceptors (Lipinski definition) is 3. The molecule has 2 heterocycles. The first-order chi connectivity index (χ1) is 9.30. The van der Waals surface area contributed by atoms with Crippen LogP contribution >= 0.6 is 0 Å². The van der Waals surface area contributed by atoms with Gasteiger partial charge < -0.3 is 9.14 Å². The zero-order chi connectivity index (χ0) is 13.2. The van der Waals surface area contributed by atoms with E-state index < -0.39 is 0 Å². The Bertz CT molecular complexity index is 729. The van der Waals surface area contributed by atoms with Gasteiger partial charge in [-0.15, -0.1) is 0 Å². The van der Waals surface area contributed by atoms with E-state index in [9.17, 15) is 4.79 Å². The second-order valence-corrected chi connectivity index (χ2v) is 4.20. The zero-order valence-corrected chi connectivity index (χ0v) is 10.4.